The monoisotopic (exact) mass is 440 g/mol. The van der Waals surface area contributed by atoms with E-state index in [0.717, 1.165) is 68.7 Å². The van der Waals surface area contributed by atoms with Crippen molar-refractivity contribution < 1.29 is 4.79 Å². The Kier molecular flexibility index (Phi) is 5.95. The Bertz CT molecular complexity index is 915. The van der Waals surface area contributed by atoms with Crippen molar-refractivity contribution in [2.45, 2.75) is 32.4 Å². The Morgan fingerprint density at radius 2 is 1.87 bits per heavy atom. The number of aromatic nitrogens is 2. The highest BCUT2D eigenvalue weighted by Gasteiger charge is 2.36. The summed E-state index contributed by atoms with van der Waals surface area (Å²) >= 11 is 1.85. The number of carbonyl (C=O) groups is 1. The molecular formula is C23H32N6OS. The van der Waals surface area contributed by atoms with Gasteiger partial charge in [-0.25, -0.2) is 4.68 Å². The van der Waals surface area contributed by atoms with Crippen LogP contribution in [0.5, 0.6) is 0 Å². The highest BCUT2D eigenvalue weighted by molar-refractivity contribution is 7.99. The van der Waals surface area contributed by atoms with Crippen LogP contribution >= 0.6 is 11.8 Å². The Morgan fingerprint density at radius 1 is 1.10 bits per heavy atom. The number of aryl methyl sites for hydroxylation is 2. The quantitative estimate of drug-likeness (QED) is 0.784. The third-order valence-electron chi connectivity index (χ3n) is 6.72. The first-order valence-corrected chi connectivity index (χ1v) is 12.5. The van der Waals surface area contributed by atoms with Gasteiger partial charge in [-0.15, -0.1) is 11.8 Å². The highest BCUT2D eigenvalue weighted by atomic mass is 32.2. The molecule has 0 aliphatic carbocycles. The zero-order valence-corrected chi connectivity index (χ0v) is 19.3. The van der Waals surface area contributed by atoms with Gasteiger partial charge in [0.1, 0.15) is 5.82 Å². The van der Waals surface area contributed by atoms with Crippen LogP contribution in [0.3, 0.4) is 0 Å². The molecule has 0 bridgehead atoms. The van der Waals surface area contributed by atoms with Gasteiger partial charge in [-0.3, -0.25) is 9.69 Å². The molecule has 0 spiro atoms. The summed E-state index contributed by atoms with van der Waals surface area (Å²) in [5.41, 5.74) is 3.41. The second-order valence-electron chi connectivity index (χ2n) is 8.90. The zero-order chi connectivity index (χ0) is 21.4. The van der Waals surface area contributed by atoms with Crippen molar-refractivity contribution in [3.8, 4) is 5.69 Å². The lowest BCUT2D eigenvalue weighted by Crippen LogP contribution is -2.51. The van der Waals surface area contributed by atoms with Gasteiger partial charge in [-0.1, -0.05) is 17.7 Å². The van der Waals surface area contributed by atoms with Crippen LogP contribution in [-0.2, 0) is 4.79 Å². The molecular weight excluding hydrogens is 408 g/mol. The number of anilines is 1. The van der Waals surface area contributed by atoms with Gasteiger partial charge in [0.05, 0.1) is 23.3 Å². The maximum atomic E-state index is 12.7. The molecule has 0 radical (unpaired) electrons. The molecule has 1 amide bonds. The predicted octanol–water partition coefficient (Wildman–Crippen LogP) is 1.87. The molecule has 0 unspecified atom stereocenters. The van der Waals surface area contributed by atoms with E-state index in [1.54, 1.807) is 0 Å². The zero-order valence-electron chi connectivity index (χ0n) is 18.5. The molecule has 2 aromatic rings. The fourth-order valence-electron chi connectivity index (χ4n) is 4.89. The minimum Gasteiger partial charge on any atom is -0.354 e. The molecule has 1 aromatic carbocycles. The van der Waals surface area contributed by atoms with E-state index < -0.39 is 0 Å². The third kappa shape index (κ3) is 4.33. The van der Waals surface area contributed by atoms with Crippen LogP contribution in [0.15, 0.2) is 30.3 Å². The summed E-state index contributed by atoms with van der Waals surface area (Å²) < 4.78 is 2.07. The summed E-state index contributed by atoms with van der Waals surface area (Å²) in [5, 5.41) is 8.25. The molecule has 4 heterocycles. The largest absolute Gasteiger partial charge is 0.354 e. The number of nitrogens with one attached hydrogen (secondary N) is 1. The molecule has 0 saturated carbocycles. The summed E-state index contributed by atoms with van der Waals surface area (Å²) in [4.78, 5) is 19.7. The van der Waals surface area contributed by atoms with Crippen LogP contribution in [0.25, 0.3) is 5.69 Å². The van der Waals surface area contributed by atoms with E-state index in [-0.39, 0.29) is 6.04 Å². The topological polar surface area (TPSA) is 56.6 Å². The van der Waals surface area contributed by atoms with Gasteiger partial charge in [0.15, 0.2) is 0 Å². The lowest BCUT2D eigenvalue weighted by Gasteiger charge is -2.38. The minimum atomic E-state index is -0.00708. The molecule has 1 aromatic heterocycles. The number of hydrogen-bond donors (Lipinski definition) is 1. The van der Waals surface area contributed by atoms with Crippen LogP contribution in [0, 0.1) is 13.8 Å². The van der Waals surface area contributed by atoms with Crippen molar-refractivity contribution in [3.63, 3.8) is 0 Å². The number of nitrogens with zero attached hydrogens (tertiary/aromatic N) is 5. The van der Waals surface area contributed by atoms with Crippen molar-refractivity contribution >= 4 is 23.5 Å². The lowest BCUT2D eigenvalue weighted by atomic mass is 10.1. The molecule has 5 rings (SSSR count). The summed E-state index contributed by atoms with van der Waals surface area (Å²) in [7, 11) is 0. The van der Waals surface area contributed by atoms with E-state index in [1.165, 1.54) is 11.4 Å². The molecule has 3 aliphatic rings. The molecule has 1 N–H and O–H groups in total. The summed E-state index contributed by atoms with van der Waals surface area (Å²) in [5.74, 6) is 3.39. The van der Waals surface area contributed by atoms with Crippen LogP contribution in [0.2, 0.25) is 0 Å². The van der Waals surface area contributed by atoms with Crippen molar-refractivity contribution in [1.82, 2.24) is 24.9 Å². The number of thioether (sulfide) groups is 1. The number of piperazine rings is 1. The standard InChI is InChI=1S/C23H32N6OS/c1-17-3-5-19(6-4-17)29-22(13-18(2)25-29)27-9-7-26(8-10-27)20-14-21(24-15-20)23(30)28-11-12-31-16-28/h3-6,13,20-21,24H,7-12,14-16H2,1-2H3/t20-,21-/m0/s1. The second-order valence-corrected chi connectivity index (χ2v) is 9.98. The number of hydrogen-bond acceptors (Lipinski definition) is 6. The summed E-state index contributed by atoms with van der Waals surface area (Å²) in [6.07, 6.45) is 0.931. The molecule has 166 valence electrons. The number of rotatable bonds is 4. The van der Waals surface area contributed by atoms with Crippen molar-refractivity contribution in [2.24, 2.45) is 0 Å². The molecule has 31 heavy (non-hydrogen) atoms. The van der Waals surface area contributed by atoms with Gasteiger partial charge >= 0.3 is 0 Å². The minimum absolute atomic E-state index is 0.00708. The second kappa shape index (κ2) is 8.84. The van der Waals surface area contributed by atoms with E-state index >= 15 is 0 Å². The van der Waals surface area contributed by atoms with E-state index in [9.17, 15) is 4.79 Å². The molecule has 3 saturated heterocycles. The van der Waals surface area contributed by atoms with Crippen LogP contribution in [-0.4, -0.2) is 88.5 Å². The summed E-state index contributed by atoms with van der Waals surface area (Å²) in [6.45, 7) is 9.99. The molecule has 2 atom stereocenters. The van der Waals surface area contributed by atoms with Crippen molar-refractivity contribution in [2.75, 3.05) is 55.8 Å². The SMILES string of the molecule is Cc1ccc(-n2nc(C)cc2N2CCN([C@@H]3CN[C@H](C(=O)N4CCSC4)C3)CC2)cc1. The number of carbonyl (C=O) groups excluding carboxylic acids is 1. The normalized spacial score (nSPS) is 24.8. The number of amides is 1. The highest BCUT2D eigenvalue weighted by Crippen LogP contribution is 2.25. The van der Waals surface area contributed by atoms with Gasteiger partial charge in [-0.2, -0.15) is 5.10 Å². The van der Waals surface area contributed by atoms with Gasteiger partial charge in [-0.05, 0) is 32.4 Å². The number of benzene rings is 1. The molecule has 3 fully saturated rings. The Balaban J connectivity index is 1.21. The maximum absolute atomic E-state index is 12.7. The van der Waals surface area contributed by atoms with Crippen LogP contribution < -0.4 is 10.2 Å². The lowest BCUT2D eigenvalue weighted by molar-refractivity contribution is -0.131. The maximum Gasteiger partial charge on any atom is 0.240 e. The molecule has 3 aliphatic heterocycles. The van der Waals surface area contributed by atoms with Crippen LogP contribution in [0.1, 0.15) is 17.7 Å². The predicted molar refractivity (Wildman–Crippen MR) is 126 cm³/mol. The summed E-state index contributed by atoms with van der Waals surface area (Å²) in [6, 6.07) is 11.2. The molecule has 8 heteroatoms. The smallest absolute Gasteiger partial charge is 0.240 e. The Hall–Kier alpha value is -2.03. The Morgan fingerprint density at radius 3 is 2.58 bits per heavy atom. The van der Waals surface area contributed by atoms with E-state index in [4.69, 9.17) is 5.10 Å². The van der Waals surface area contributed by atoms with Crippen molar-refractivity contribution in [3.05, 3.63) is 41.6 Å². The van der Waals surface area contributed by atoms with E-state index in [2.05, 4.69) is 64.0 Å². The van der Waals surface area contributed by atoms with Gasteiger partial charge in [0, 0.05) is 57.1 Å². The first-order chi connectivity index (χ1) is 15.1. The first kappa shape index (κ1) is 20.8. The fourth-order valence-corrected chi connectivity index (χ4v) is 5.85. The van der Waals surface area contributed by atoms with Crippen molar-refractivity contribution in [1.29, 1.82) is 0 Å². The Labute approximate surface area is 188 Å². The van der Waals surface area contributed by atoms with Crippen LogP contribution in [0.4, 0.5) is 5.82 Å². The van der Waals surface area contributed by atoms with E-state index in [0.29, 0.717) is 11.9 Å². The van der Waals surface area contributed by atoms with Gasteiger partial charge in [0.25, 0.3) is 0 Å². The van der Waals surface area contributed by atoms with E-state index in [1.807, 2.05) is 16.7 Å². The average Bonchev–Trinajstić information content (AvgIpc) is 3.55. The fraction of sp³-hybridized carbons (Fsp3) is 0.565. The van der Waals surface area contributed by atoms with Gasteiger partial charge < -0.3 is 15.1 Å². The molecule has 7 nitrogen and oxygen atoms in total. The average molecular weight is 441 g/mol. The van der Waals surface area contributed by atoms with Gasteiger partial charge in [0.2, 0.25) is 5.91 Å². The third-order valence-corrected chi connectivity index (χ3v) is 7.68. The first-order valence-electron chi connectivity index (χ1n) is 11.3.